The van der Waals surface area contributed by atoms with Gasteiger partial charge >= 0.3 is 0 Å². The van der Waals surface area contributed by atoms with Gasteiger partial charge in [-0.15, -0.1) is 5.10 Å². The fourth-order valence-corrected chi connectivity index (χ4v) is 4.76. The molecule has 1 saturated carbocycles. The molecule has 5 rings (SSSR count). The molecule has 12 heteroatoms. The van der Waals surface area contributed by atoms with E-state index in [0.717, 1.165) is 18.5 Å². The molecule has 0 spiro atoms. The average Bonchev–Trinajstić information content (AvgIpc) is 3.56. The Morgan fingerprint density at radius 1 is 1.19 bits per heavy atom. The van der Waals surface area contributed by atoms with E-state index in [1.165, 1.54) is 6.20 Å². The van der Waals surface area contributed by atoms with Gasteiger partial charge in [0.25, 0.3) is 0 Å². The zero-order valence-corrected chi connectivity index (χ0v) is 20.3. The molecule has 0 aromatic carbocycles. The van der Waals surface area contributed by atoms with Gasteiger partial charge in [-0.2, -0.15) is 20.3 Å². The largest absolute Gasteiger partial charge is 0.396 e. The number of hydrogen-bond donors (Lipinski definition) is 3. The third-order valence-corrected chi connectivity index (χ3v) is 6.86. The summed E-state index contributed by atoms with van der Waals surface area (Å²) >= 11 is 0. The summed E-state index contributed by atoms with van der Waals surface area (Å²) in [4.78, 5) is 8.93. The predicted molar refractivity (Wildman–Crippen MR) is 133 cm³/mol. The minimum atomic E-state index is -0.812. The molecule has 0 aliphatic heterocycles. The Labute approximate surface area is 212 Å². The number of aromatic nitrogens is 7. The van der Waals surface area contributed by atoms with Crippen molar-refractivity contribution in [3.05, 3.63) is 48.2 Å². The Balaban J connectivity index is 1.46. The maximum absolute atomic E-state index is 10.6. The van der Waals surface area contributed by atoms with E-state index < -0.39 is 11.6 Å². The lowest BCUT2D eigenvalue weighted by atomic mass is 9.76. The van der Waals surface area contributed by atoms with Crippen LogP contribution < -0.4 is 5.32 Å². The second kappa shape index (κ2) is 9.93. The molecule has 3 N–H and O–H groups in total. The molecular weight excluding hydrogens is 472 g/mol. The number of aliphatic hydroxyl groups is 2. The van der Waals surface area contributed by atoms with E-state index in [0.29, 0.717) is 53.1 Å². The first kappa shape index (κ1) is 24.3. The maximum atomic E-state index is 10.6. The lowest BCUT2D eigenvalue weighted by molar-refractivity contribution is -0.0206. The lowest BCUT2D eigenvalue weighted by Crippen LogP contribution is -2.34. The minimum absolute atomic E-state index is 0.0253. The molecule has 1 atom stereocenters. The first-order valence-corrected chi connectivity index (χ1v) is 12.1. The summed E-state index contributed by atoms with van der Waals surface area (Å²) in [5, 5.41) is 55.4. The van der Waals surface area contributed by atoms with Crippen LogP contribution in [0.4, 0.5) is 5.69 Å². The summed E-state index contributed by atoms with van der Waals surface area (Å²) in [6, 6.07) is 7.25. The molecule has 1 aliphatic carbocycles. The first-order valence-electron chi connectivity index (χ1n) is 12.1. The minimum Gasteiger partial charge on any atom is -0.396 e. The van der Waals surface area contributed by atoms with Crippen LogP contribution in [-0.4, -0.2) is 63.2 Å². The molecule has 0 saturated heterocycles. The van der Waals surface area contributed by atoms with Crippen LogP contribution >= 0.6 is 0 Å². The molecule has 1 fully saturated rings. The highest BCUT2D eigenvalue weighted by atomic mass is 16.3. The first-order chi connectivity index (χ1) is 17.9. The molecular formula is C25H26N10O2. The van der Waals surface area contributed by atoms with Crippen molar-refractivity contribution >= 4 is 16.7 Å². The van der Waals surface area contributed by atoms with Gasteiger partial charge in [-0.3, -0.25) is 0 Å². The van der Waals surface area contributed by atoms with E-state index in [1.807, 2.05) is 6.20 Å². The van der Waals surface area contributed by atoms with E-state index in [2.05, 4.69) is 42.8 Å². The maximum Gasteiger partial charge on any atom is 0.164 e. The lowest BCUT2D eigenvalue weighted by Gasteiger charge is -2.34. The molecule has 12 nitrogen and oxygen atoms in total. The van der Waals surface area contributed by atoms with Crippen LogP contribution in [0, 0.1) is 22.7 Å². The van der Waals surface area contributed by atoms with E-state index in [4.69, 9.17) is 5.26 Å². The van der Waals surface area contributed by atoms with Crippen molar-refractivity contribution in [2.75, 3.05) is 11.9 Å². The zero-order chi connectivity index (χ0) is 26.0. The third kappa shape index (κ3) is 4.85. The predicted octanol–water partition coefficient (Wildman–Crippen LogP) is 2.36. The Hall–Kier alpha value is -4.39. The highest BCUT2D eigenvalue weighted by Crippen LogP contribution is 2.39. The fourth-order valence-electron chi connectivity index (χ4n) is 4.76. The van der Waals surface area contributed by atoms with Gasteiger partial charge in [0.15, 0.2) is 11.5 Å². The number of nitrogens with one attached hydrogen (secondary N) is 1. The molecule has 4 aromatic heterocycles. The van der Waals surface area contributed by atoms with Crippen LogP contribution in [0.3, 0.4) is 0 Å². The molecule has 0 amide bonds. The number of hydrogen-bond acceptors (Lipinski definition) is 10. The standard InChI is InChI=1S/C25H26N10O2/c1-16(10-26)31-20-9-23(35-24-19(13-30-35)8-17(11-27)12-29-24)28-14-22(20)34-15-21(32-33-34)18-2-4-25(37,5-3-18)6-7-36/h8-9,12-16,18,36-37H,2-7H2,1H3,(H,28,31). The fraction of sp³-hybridized carbons (Fsp3) is 0.400. The quantitative estimate of drug-likeness (QED) is 0.343. The zero-order valence-electron chi connectivity index (χ0n) is 20.3. The number of aliphatic hydroxyl groups excluding tert-OH is 1. The van der Waals surface area contributed by atoms with Crippen molar-refractivity contribution in [1.29, 1.82) is 10.5 Å². The summed E-state index contributed by atoms with van der Waals surface area (Å²) in [5.74, 6) is 0.647. The smallest absolute Gasteiger partial charge is 0.164 e. The van der Waals surface area contributed by atoms with E-state index in [1.54, 1.807) is 40.8 Å². The normalized spacial score (nSPS) is 20.3. The molecule has 4 heterocycles. The number of rotatable bonds is 7. The van der Waals surface area contributed by atoms with Gasteiger partial charge in [-0.05, 0) is 45.1 Å². The SMILES string of the molecule is CC(C#N)Nc1cc(-n2ncc3cc(C#N)cnc32)ncc1-n1cc(C2CCC(O)(CCO)CC2)nn1. The van der Waals surface area contributed by atoms with Gasteiger partial charge in [0.2, 0.25) is 0 Å². The molecule has 0 radical (unpaired) electrons. The summed E-state index contributed by atoms with van der Waals surface area (Å²) in [6.07, 6.45) is 9.72. The van der Waals surface area contributed by atoms with Crippen LogP contribution in [0.1, 0.15) is 56.2 Å². The van der Waals surface area contributed by atoms with E-state index in [-0.39, 0.29) is 12.5 Å². The van der Waals surface area contributed by atoms with Crippen LogP contribution in [-0.2, 0) is 0 Å². The number of anilines is 1. The molecule has 37 heavy (non-hydrogen) atoms. The van der Waals surface area contributed by atoms with Gasteiger partial charge in [0.1, 0.15) is 17.8 Å². The van der Waals surface area contributed by atoms with Crippen molar-refractivity contribution in [2.24, 2.45) is 0 Å². The molecule has 188 valence electrons. The second-order valence-electron chi connectivity index (χ2n) is 9.42. The van der Waals surface area contributed by atoms with Crippen molar-refractivity contribution in [1.82, 2.24) is 34.7 Å². The summed E-state index contributed by atoms with van der Waals surface area (Å²) < 4.78 is 3.20. The van der Waals surface area contributed by atoms with Crippen LogP contribution in [0.5, 0.6) is 0 Å². The molecule has 1 unspecified atom stereocenters. The van der Waals surface area contributed by atoms with Gasteiger partial charge in [0, 0.05) is 30.2 Å². The van der Waals surface area contributed by atoms with Crippen molar-refractivity contribution < 1.29 is 10.2 Å². The van der Waals surface area contributed by atoms with E-state index in [9.17, 15) is 15.5 Å². The summed E-state index contributed by atoms with van der Waals surface area (Å²) in [5.41, 5.74) is 2.25. The Kier molecular flexibility index (Phi) is 6.53. The van der Waals surface area contributed by atoms with Crippen LogP contribution in [0.25, 0.3) is 22.5 Å². The van der Waals surface area contributed by atoms with Gasteiger partial charge in [0.05, 0.1) is 47.2 Å². The molecule has 0 bridgehead atoms. The Morgan fingerprint density at radius 3 is 2.73 bits per heavy atom. The van der Waals surface area contributed by atoms with Crippen molar-refractivity contribution in [3.63, 3.8) is 0 Å². The number of fused-ring (bicyclic) bond motifs is 1. The number of nitrogens with zero attached hydrogens (tertiary/aromatic N) is 9. The van der Waals surface area contributed by atoms with Gasteiger partial charge in [-0.25, -0.2) is 14.6 Å². The van der Waals surface area contributed by atoms with Gasteiger partial charge < -0.3 is 15.5 Å². The number of nitriles is 2. The number of pyridine rings is 2. The van der Waals surface area contributed by atoms with Crippen LogP contribution in [0.2, 0.25) is 0 Å². The summed E-state index contributed by atoms with van der Waals surface area (Å²) in [7, 11) is 0. The third-order valence-electron chi connectivity index (χ3n) is 6.86. The van der Waals surface area contributed by atoms with Crippen LogP contribution in [0.15, 0.2) is 36.9 Å². The Morgan fingerprint density at radius 2 is 2.00 bits per heavy atom. The van der Waals surface area contributed by atoms with Crippen molar-refractivity contribution in [3.8, 4) is 23.6 Å². The second-order valence-corrected chi connectivity index (χ2v) is 9.42. The summed E-state index contributed by atoms with van der Waals surface area (Å²) in [6.45, 7) is 1.73. The highest BCUT2D eigenvalue weighted by molar-refractivity contribution is 5.77. The van der Waals surface area contributed by atoms with E-state index >= 15 is 0 Å². The Bertz CT molecular complexity index is 1500. The molecule has 4 aromatic rings. The monoisotopic (exact) mass is 498 g/mol. The average molecular weight is 499 g/mol. The molecule has 1 aliphatic rings. The topological polar surface area (TPSA) is 174 Å². The highest BCUT2D eigenvalue weighted by Gasteiger charge is 2.34. The van der Waals surface area contributed by atoms with Crippen molar-refractivity contribution in [2.45, 2.75) is 56.6 Å². The van der Waals surface area contributed by atoms with Gasteiger partial charge in [-0.1, -0.05) is 5.21 Å².